The fourth-order valence-electron chi connectivity index (χ4n) is 2.60. The van der Waals surface area contributed by atoms with Crippen LogP contribution in [0, 0.1) is 18.8 Å². The van der Waals surface area contributed by atoms with Crippen molar-refractivity contribution in [1.29, 1.82) is 0 Å². The maximum Gasteiger partial charge on any atom is 0.307 e. The van der Waals surface area contributed by atoms with Crippen LogP contribution in [-0.2, 0) is 11.3 Å². The number of rotatable bonds is 8. The van der Waals surface area contributed by atoms with E-state index in [1.807, 2.05) is 62.0 Å². The van der Waals surface area contributed by atoms with E-state index >= 15 is 0 Å². The van der Waals surface area contributed by atoms with Gasteiger partial charge in [-0.2, -0.15) is 5.10 Å². The Morgan fingerprint density at radius 1 is 1.30 bits per heavy atom. The van der Waals surface area contributed by atoms with Crippen LogP contribution in [0.5, 0.6) is 0 Å². The predicted octanol–water partition coefficient (Wildman–Crippen LogP) is 3.02. The van der Waals surface area contributed by atoms with Gasteiger partial charge in [0.2, 0.25) is 0 Å². The van der Waals surface area contributed by atoms with Crippen LogP contribution in [0.4, 0.5) is 0 Å². The second kappa shape index (κ2) is 7.92. The summed E-state index contributed by atoms with van der Waals surface area (Å²) < 4.78 is 1.86. The molecule has 1 aromatic heterocycles. The van der Waals surface area contributed by atoms with Gasteiger partial charge in [0, 0.05) is 24.8 Å². The van der Waals surface area contributed by atoms with Gasteiger partial charge in [0.15, 0.2) is 0 Å². The van der Waals surface area contributed by atoms with Gasteiger partial charge >= 0.3 is 5.97 Å². The highest BCUT2D eigenvalue weighted by atomic mass is 16.4. The summed E-state index contributed by atoms with van der Waals surface area (Å²) in [5.41, 5.74) is 3.06. The molecule has 0 saturated carbocycles. The average Bonchev–Trinajstić information content (AvgIpc) is 2.88. The SMILES string of the molecule is Cc1nn(-c2ccccc2)cc1CNCC(CC(C)C)C(=O)O. The molecule has 23 heavy (non-hydrogen) atoms. The number of nitrogens with one attached hydrogen (secondary N) is 1. The van der Waals surface area contributed by atoms with E-state index in [1.54, 1.807) is 0 Å². The number of nitrogens with zero attached hydrogens (tertiary/aromatic N) is 2. The molecule has 1 heterocycles. The Bertz CT molecular complexity index is 635. The highest BCUT2D eigenvalue weighted by Gasteiger charge is 2.18. The van der Waals surface area contributed by atoms with Crippen LogP contribution < -0.4 is 5.32 Å². The van der Waals surface area contributed by atoms with Crippen molar-refractivity contribution in [2.75, 3.05) is 6.54 Å². The maximum atomic E-state index is 11.3. The van der Waals surface area contributed by atoms with Crippen LogP contribution in [0.3, 0.4) is 0 Å². The van der Waals surface area contributed by atoms with Crippen LogP contribution in [0.1, 0.15) is 31.5 Å². The van der Waals surface area contributed by atoms with Gasteiger partial charge in [0.05, 0.1) is 17.3 Å². The first-order chi connectivity index (χ1) is 11.0. The third-order valence-electron chi connectivity index (χ3n) is 3.83. The van der Waals surface area contributed by atoms with Crippen LogP contribution in [0.25, 0.3) is 5.69 Å². The molecule has 0 aliphatic rings. The third kappa shape index (κ3) is 4.93. The molecule has 2 rings (SSSR count). The Morgan fingerprint density at radius 3 is 2.61 bits per heavy atom. The maximum absolute atomic E-state index is 11.3. The van der Waals surface area contributed by atoms with Gasteiger partial charge in [0.1, 0.15) is 0 Å². The summed E-state index contributed by atoms with van der Waals surface area (Å²) in [6.07, 6.45) is 2.68. The van der Waals surface area contributed by atoms with Gasteiger partial charge in [-0.05, 0) is 31.4 Å². The number of aromatic nitrogens is 2. The molecule has 2 aromatic rings. The van der Waals surface area contributed by atoms with E-state index in [1.165, 1.54) is 0 Å². The number of benzene rings is 1. The lowest BCUT2D eigenvalue weighted by atomic mass is 9.97. The standard InChI is InChI=1S/C18H25N3O2/c1-13(2)9-15(18(22)23)10-19-11-16-12-21(20-14(16)3)17-7-5-4-6-8-17/h4-8,12-13,15,19H,9-11H2,1-3H3,(H,22,23). The van der Waals surface area contributed by atoms with E-state index in [9.17, 15) is 9.90 Å². The van der Waals surface area contributed by atoms with Crippen molar-refractivity contribution in [1.82, 2.24) is 15.1 Å². The van der Waals surface area contributed by atoms with Crippen LogP contribution in [-0.4, -0.2) is 27.4 Å². The number of carboxylic acid groups (broad SMARTS) is 1. The lowest BCUT2D eigenvalue weighted by molar-refractivity contribution is -0.142. The highest BCUT2D eigenvalue weighted by molar-refractivity contribution is 5.70. The van der Waals surface area contributed by atoms with Crippen molar-refractivity contribution in [3.8, 4) is 5.69 Å². The van der Waals surface area contributed by atoms with Crippen LogP contribution in [0.15, 0.2) is 36.5 Å². The summed E-state index contributed by atoms with van der Waals surface area (Å²) >= 11 is 0. The minimum atomic E-state index is -0.733. The lowest BCUT2D eigenvalue weighted by Gasteiger charge is -2.15. The Labute approximate surface area is 137 Å². The molecule has 1 unspecified atom stereocenters. The monoisotopic (exact) mass is 315 g/mol. The molecule has 1 atom stereocenters. The van der Waals surface area contributed by atoms with Crippen LogP contribution >= 0.6 is 0 Å². The summed E-state index contributed by atoms with van der Waals surface area (Å²) in [6.45, 7) is 7.16. The molecule has 0 amide bonds. The van der Waals surface area contributed by atoms with E-state index in [-0.39, 0.29) is 5.92 Å². The van der Waals surface area contributed by atoms with E-state index in [4.69, 9.17) is 0 Å². The first-order valence-corrected chi connectivity index (χ1v) is 8.01. The number of hydrogen-bond donors (Lipinski definition) is 2. The zero-order valence-corrected chi connectivity index (χ0v) is 14.0. The fourth-order valence-corrected chi connectivity index (χ4v) is 2.60. The van der Waals surface area contributed by atoms with Gasteiger partial charge < -0.3 is 10.4 Å². The van der Waals surface area contributed by atoms with Crippen molar-refractivity contribution in [3.63, 3.8) is 0 Å². The molecule has 2 N–H and O–H groups in total. The molecule has 0 saturated heterocycles. The zero-order valence-electron chi connectivity index (χ0n) is 14.0. The molecule has 124 valence electrons. The second-order valence-electron chi connectivity index (χ2n) is 6.32. The van der Waals surface area contributed by atoms with Crippen molar-refractivity contribution in [2.24, 2.45) is 11.8 Å². The summed E-state index contributed by atoms with van der Waals surface area (Å²) in [5, 5.41) is 17.1. The largest absolute Gasteiger partial charge is 0.481 e. The first kappa shape index (κ1) is 17.2. The number of aryl methyl sites for hydroxylation is 1. The number of carboxylic acids is 1. The van der Waals surface area contributed by atoms with Gasteiger partial charge in [0.25, 0.3) is 0 Å². The number of aliphatic carboxylic acids is 1. The average molecular weight is 315 g/mol. The van der Waals surface area contributed by atoms with E-state index < -0.39 is 5.97 Å². The van der Waals surface area contributed by atoms with E-state index in [0.717, 1.165) is 16.9 Å². The minimum absolute atomic E-state index is 0.348. The Hall–Kier alpha value is -2.14. The third-order valence-corrected chi connectivity index (χ3v) is 3.83. The molecule has 0 spiro atoms. The summed E-state index contributed by atoms with van der Waals surface area (Å²) in [4.78, 5) is 11.3. The van der Waals surface area contributed by atoms with E-state index in [0.29, 0.717) is 25.4 Å². The molecular weight excluding hydrogens is 290 g/mol. The van der Waals surface area contributed by atoms with Crippen molar-refractivity contribution in [2.45, 2.75) is 33.7 Å². The van der Waals surface area contributed by atoms with Crippen molar-refractivity contribution < 1.29 is 9.90 Å². The van der Waals surface area contributed by atoms with Crippen molar-refractivity contribution >= 4 is 5.97 Å². The quantitative estimate of drug-likeness (QED) is 0.786. The molecule has 1 aromatic carbocycles. The molecule has 0 aliphatic heterocycles. The second-order valence-corrected chi connectivity index (χ2v) is 6.32. The molecule has 0 aliphatic carbocycles. The zero-order chi connectivity index (χ0) is 16.8. The number of hydrogen-bond acceptors (Lipinski definition) is 3. The predicted molar refractivity (Wildman–Crippen MR) is 90.6 cm³/mol. The highest BCUT2D eigenvalue weighted by Crippen LogP contribution is 2.13. The smallest absolute Gasteiger partial charge is 0.307 e. The molecule has 5 heteroatoms. The number of para-hydroxylation sites is 1. The first-order valence-electron chi connectivity index (χ1n) is 8.01. The van der Waals surface area contributed by atoms with Crippen molar-refractivity contribution in [3.05, 3.63) is 47.8 Å². The Kier molecular flexibility index (Phi) is 5.93. The van der Waals surface area contributed by atoms with Gasteiger partial charge in [-0.1, -0.05) is 32.0 Å². The van der Waals surface area contributed by atoms with Crippen LogP contribution in [0.2, 0.25) is 0 Å². The van der Waals surface area contributed by atoms with Gasteiger partial charge in [-0.3, -0.25) is 4.79 Å². The molecule has 0 fully saturated rings. The van der Waals surface area contributed by atoms with E-state index in [2.05, 4.69) is 10.4 Å². The lowest BCUT2D eigenvalue weighted by Crippen LogP contribution is -2.29. The normalized spacial score (nSPS) is 12.5. The topological polar surface area (TPSA) is 67.2 Å². The molecule has 0 radical (unpaired) electrons. The number of carbonyl (C=O) groups is 1. The summed E-state index contributed by atoms with van der Waals surface area (Å²) in [7, 11) is 0. The van der Waals surface area contributed by atoms with Gasteiger partial charge in [-0.25, -0.2) is 4.68 Å². The molecular formula is C18H25N3O2. The Balaban J connectivity index is 1.96. The molecule has 5 nitrogen and oxygen atoms in total. The van der Waals surface area contributed by atoms with Gasteiger partial charge in [-0.15, -0.1) is 0 Å². The molecule has 0 bridgehead atoms. The Morgan fingerprint density at radius 2 is 2.00 bits per heavy atom. The minimum Gasteiger partial charge on any atom is -0.481 e. The fraction of sp³-hybridized carbons (Fsp3) is 0.444. The summed E-state index contributed by atoms with van der Waals surface area (Å²) in [6, 6.07) is 9.95. The summed E-state index contributed by atoms with van der Waals surface area (Å²) in [5.74, 6) is -0.706.